The molecule has 2 heteroatoms. The summed E-state index contributed by atoms with van der Waals surface area (Å²) in [7, 11) is 0. The molecule has 0 bridgehead atoms. The van der Waals surface area contributed by atoms with Gasteiger partial charge in [-0.3, -0.25) is 4.79 Å². The Hall–Kier alpha value is -0.370. The topological polar surface area (TPSA) is 37.3 Å². The zero-order valence-electron chi connectivity index (χ0n) is 9.49. The van der Waals surface area contributed by atoms with Crippen LogP contribution in [0.5, 0.6) is 0 Å². The first kappa shape index (κ1) is 11.7. The summed E-state index contributed by atoms with van der Waals surface area (Å²) in [5.74, 6) is 0.864. The molecule has 1 rings (SSSR count). The number of aliphatic hydroxyl groups excluding tert-OH is 1. The molecule has 3 unspecified atom stereocenters. The van der Waals surface area contributed by atoms with Gasteiger partial charge >= 0.3 is 0 Å². The molecule has 0 aromatic carbocycles. The Morgan fingerprint density at radius 2 is 1.86 bits per heavy atom. The van der Waals surface area contributed by atoms with Crippen LogP contribution in [0.25, 0.3) is 0 Å². The number of aliphatic hydroxyl groups is 1. The third-order valence-electron chi connectivity index (χ3n) is 3.43. The van der Waals surface area contributed by atoms with Crippen molar-refractivity contribution in [1.82, 2.24) is 0 Å². The highest BCUT2D eigenvalue weighted by molar-refractivity contribution is 5.78. The van der Waals surface area contributed by atoms with Crippen LogP contribution in [0.3, 0.4) is 0 Å². The van der Waals surface area contributed by atoms with Gasteiger partial charge in [0.1, 0.15) is 5.78 Å². The molecule has 0 spiro atoms. The van der Waals surface area contributed by atoms with Gasteiger partial charge in [0.05, 0.1) is 6.10 Å². The predicted octanol–water partition coefficient (Wildman–Crippen LogP) is 2.40. The number of carbonyl (C=O) groups is 1. The zero-order chi connectivity index (χ0) is 10.7. The van der Waals surface area contributed by atoms with E-state index in [4.69, 9.17) is 0 Å². The van der Waals surface area contributed by atoms with Crippen molar-refractivity contribution < 1.29 is 9.90 Å². The molecule has 82 valence electrons. The lowest BCUT2D eigenvalue weighted by atomic mass is 9.72. The number of carbonyl (C=O) groups excluding carboxylic acids is 1. The molecule has 2 nitrogen and oxygen atoms in total. The zero-order valence-corrected chi connectivity index (χ0v) is 9.49. The van der Waals surface area contributed by atoms with Crippen LogP contribution < -0.4 is 0 Å². The van der Waals surface area contributed by atoms with Crippen LogP contribution in [-0.2, 0) is 4.79 Å². The largest absolute Gasteiger partial charge is 0.393 e. The maximum absolute atomic E-state index is 11.5. The lowest BCUT2D eigenvalue weighted by molar-refractivity contribution is -0.127. The molecule has 3 atom stereocenters. The molecule has 1 aliphatic rings. The summed E-state index contributed by atoms with van der Waals surface area (Å²) >= 11 is 0. The fraction of sp³-hybridized carbons (Fsp3) is 0.917. The summed E-state index contributed by atoms with van der Waals surface area (Å²) in [6, 6.07) is 0. The van der Waals surface area contributed by atoms with E-state index in [1.807, 2.05) is 0 Å². The number of hydrogen-bond donors (Lipinski definition) is 1. The Kier molecular flexibility index (Phi) is 4.11. The van der Waals surface area contributed by atoms with E-state index < -0.39 is 0 Å². The Balaban J connectivity index is 2.70. The SMILES string of the molecule is CC(=O)C(C(C)C)C1CCCCC1O. The molecule has 0 radical (unpaired) electrons. The van der Waals surface area contributed by atoms with Crippen LogP contribution >= 0.6 is 0 Å². The lowest BCUT2D eigenvalue weighted by Gasteiger charge is -2.35. The third kappa shape index (κ3) is 2.57. The highest BCUT2D eigenvalue weighted by atomic mass is 16.3. The molecule has 1 fully saturated rings. The van der Waals surface area contributed by atoms with E-state index in [1.54, 1.807) is 6.92 Å². The van der Waals surface area contributed by atoms with Crippen LogP contribution in [0.15, 0.2) is 0 Å². The van der Waals surface area contributed by atoms with E-state index in [1.165, 1.54) is 0 Å². The Bertz CT molecular complexity index is 198. The average molecular weight is 198 g/mol. The first-order valence-electron chi connectivity index (χ1n) is 5.72. The normalized spacial score (nSPS) is 30.4. The Morgan fingerprint density at radius 1 is 1.29 bits per heavy atom. The lowest BCUT2D eigenvalue weighted by Crippen LogP contribution is -2.37. The van der Waals surface area contributed by atoms with E-state index in [0.29, 0.717) is 5.92 Å². The third-order valence-corrected chi connectivity index (χ3v) is 3.43. The number of rotatable bonds is 3. The van der Waals surface area contributed by atoms with Crippen LogP contribution in [-0.4, -0.2) is 17.0 Å². The highest BCUT2D eigenvalue weighted by Gasteiger charge is 2.34. The summed E-state index contributed by atoms with van der Waals surface area (Å²) in [6.07, 6.45) is 3.92. The quantitative estimate of drug-likeness (QED) is 0.756. The van der Waals surface area contributed by atoms with E-state index in [9.17, 15) is 9.90 Å². The predicted molar refractivity (Wildman–Crippen MR) is 57.0 cm³/mol. The molecular formula is C12H22O2. The average Bonchev–Trinajstić information content (AvgIpc) is 2.07. The minimum Gasteiger partial charge on any atom is -0.393 e. The molecule has 1 aliphatic carbocycles. The van der Waals surface area contributed by atoms with Crippen LogP contribution in [0.2, 0.25) is 0 Å². The summed E-state index contributed by atoms with van der Waals surface area (Å²) in [4.78, 5) is 11.5. The monoisotopic (exact) mass is 198 g/mol. The van der Waals surface area contributed by atoms with Crippen LogP contribution in [0.4, 0.5) is 0 Å². The summed E-state index contributed by atoms with van der Waals surface area (Å²) in [6.45, 7) is 5.81. The van der Waals surface area contributed by atoms with Crippen molar-refractivity contribution in [3.05, 3.63) is 0 Å². The van der Waals surface area contributed by atoms with Gasteiger partial charge in [0.25, 0.3) is 0 Å². The van der Waals surface area contributed by atoms with Gasteiger partial charge in [0, 0.05) is 5.92 Å². The molecule has 0 amide bonds. The smallest absolute Gasteiger partial charge is 0.133 e. The first-order chi connectivity index (χ1) is 6.54. The van der Waals surface area contributed by atoms with Crippen LogP contribution in [0.1, 0.15) is 46.5 Å². The maximum Gasteiger partial charge on any atom is 0.133 e. The van der Waals surface area contributed by atoms with Gasteiger partial charge in [0.2, 0.25) is 0 Å². The van der Waals surface area contributed by atoms with Crippen molar-refractivity contribution in [2.75, 3.05) is 0 Å². The molecule has 1 saturated carbocycles. The highest BCUT2D eigenvalue weighted by Crippen LogP contribution is 2.34. The molecule has 0 aromatic rings. The van der Waals surface area contributed by atoms with Crippen molar-refractivity contribution in [3.8, 4) is 0 Å². The van der Waals surface area contributed by atoms with Gasteiger partial charge in [-0.25, -0.2) is 0 Å². The molecule has 1 N–H and O–H groups in total. The van der Waals surface area contributed by atoms with Crippen molar-refractivity contribution in [2.24, 2.45) is 17.8 Å². The minimum absolute atomic E-state index is 0.0605. The van der Waals surface area contributed by atoms with Crippen molar-refractivity contribution in [1.29, 1.82) is 0 Å². The summed E-state index contributed by atoms with van der Waals surface area (Å²) in [5.41, 5.74) is 0. The van der Waals surface area contributed by atoms with Crippen LogP contribution in [0, 0.1) is 17.8 Å². The first-order valence-corrected chi connectivity index (χ1v) is 5.72. The number of hydrogen-bond acceptors (Lipinski definition) is 2. The minimum atomic E-state index is -0.250. The maximum atomic E-state index is 11.5. The van der Waals surface area contributed by atoms with Gasteiger partial charge in [-0.05, 0) is 31.6 Å². The second-order valence-corrected chi connectivity index (χ2v) is 4.90. The molecule has 0 aliphatic heterocycles. The van der Waals surface area contributed by atoms with E-state index >= 15 is 0 Å². The summed E-state index contributed by atoms with van der Waals surface area (Å²) < 4.78 is 0. The van der Waals surface area contributed by atoms with Crippen molar-refractivity contribution in [2.45, 2.75) is 52.6 Å². The molecular weight excluding hydrogens is 176 g/mol. The van der Waals surface area contributed by atoms with Gasteiger partial charge < -0.3 is 5.11 Å². The molecule has 0 saturated heterocycles. The standard InChI is InChI=1S/C12H22O2/c1-8(2)12(9(3)13)10-6-4-5-7-11(10)14/h8,10-12,14H,4-7H2,1-3H3. The molecule has 0 heterocycles. The second kappa shape index (κ2) is 4.92. The van der Waals surface area contributed by atoms with Gasteiger partial charge in [-0.1, -0.05) is 26.7 Å². The Morgan fingerprint density at radius 3 is 2.29 bits per heavy atom. The Labute approximate surface area is 86.7 Å². The number of ketones is 1. The van der Waals surface area contributed by atoms with E-state index in [-0.39, 0.29) is 23.7 Å². The number of Topliss-reactive ketones (excluding diaryl/α,β-unsaturated/α-hetero) is 1. The van der Waals surface area contributed by atoms with E-state index in [0.717, 1.165) is 25.7 Å². The van der Waals surface area contributed by atoms with Crippen molar-refractivity contribution in [3.63, 3.8) is 0 Å². The molecule has 14 heavy (non-hydrogen) atoms. The fourth-order valence-electron chi connectivity index (χ4n) is 2.82. The van der Waals surface area contributed by atoms with Crippen molar-refractivity contribution >= 4 is 5.78 Å². The van der Waals surface area contributed by atoms with E-state index in [2.05, 4.69) is 13.8 Å². The van der Waals surface area contributed by atoms with Gasteiger partial charge in [0.15, 0.2) is 0 Å². The molecule has 0 aromatic heterocycles. The summed E-state index contributed by atoms with van der Waals surface area (Å²) in [5, 5.41) is 9.88. The van der Waals surface area contributed by atoms with Gasteiger partial charge in [-0.15, -0.1) is 0 Å². The van der Waals surface area contributed by atoms with Gasteiger partial charge in [-0.2, -0.15) is 0 Å². The second-order valence-electron chi connectivity index (χ2n) is 4.90. The fourth-order valence-corrected chi connectivity index (χ4v) is 2.82.